The zero-order valence-electron chi connectivity index (χ0n) is 13.3. The Hall–Kier alpha value is -2.44. The van der Waals surface area contributed by atoms with E-state index in [4.69, 9.17) is 15.2 Å². The lowest BCUT2D eigenvalue weighted by Crippen LogP contribution is -2.46. The molecule has 2 rings (SSSR count). The number of primary amides is 1. The summed E-state index contributed by atoms with van der Waals surface area (Å²) >= 11 is 0. The highest BCUT2D eigenvalue weighted by Gasteiger charge is 2.24. The van der Waals surface area contributed by atoms with Crippen LogP contribution in [0.15, 0.2) is 24.3 Å². The molecule has 1 fully saturated rings. The van der Waals surface area contributed by atoms with E-state index < -0.39 is 6.03 Å². The van der Waals surface area contributed by atoms with Crippen molar-refractivity contribution in [1.82, 2.24) is 10.2 Å². The Kier molecular flexibility index (Phi) is 6.08. The van der Waals surface area contributed by atoms with Crippen LogP contribution in [0.1, 0.15) is 12.8 Å². The van der Waals surface area contributed by atoms with Gasteiger partial charge in [-0.15, -0.1) is 0 Å². The number of nitrogens with zero attached hydrogens (tertiary/aromatic N) is 1. The minimum absolute atomic E-state index is 0.0542. The van der Waals surface area contributed by atoms with E-state index >= 15 is 0 Å². The maximum atomic E-state index is 12.0. The van der Waals surface area contributed by atoms with Crippen LogP contribution >= 0.6 is 0 Å². The van der Waals surface area contributed by atoms with Gasteiger partial charge in [-0.25, -0.2) is 4.79 Å². The van der Waals surface area contributed by atoms with E-state index in [2.05, 4.69) is 5.32 Å². The Labute approximate surface area is 135 Å². The summed E-state index contributed by atoms with van der Waals surface area (Å²) in [6, 6.07) is 6.74. The number of benzene rings is 1. The van der Waals surface area contributed by atoms with Crippen molar-refractivity contribution in [2.45, 2.75) is 12.8 Å². The third-order valence-corrected chi connectivity index (χ3v) is 3.83. The molecule has 1 aliphatic rings. The lowest BCUT2D eigenvalue weighted by molar-refractivity contribution is -0.132. The van der Waals surface area contributed by atoms with Crippen LogP contribution in [0.2, 0.25) is 0 Å². The van der Waals surface area contributed by atoms with E-state index in [1.54, 1.807) is 12.0 Å². The number of carbonyl (C=O) groups excluding carboxylic acids is 2. The molecule has 7 nitrogen and oxygen atoms in total. The molecule has 1 aromatic carbocycles. The predicted octanol–water partition coefficient (Wildman–Crippen LogP) is 0.981. The number of hydrogen-bond donors (Lipinski definition) is 2. The molecule has 1 unspecified atom stereocenters. The molecule has 0 radical (unpaired) electrons. The Balaban J connectivity index is 1.78. The molecule has 1 aliphatic heterocycles. The van der Waals surface area contributed by atoms with Crippen LogP contribution in [0, 0.1) is 5.92 Å². The molecule has 1 heterocycles. The van der Waals surface area contributed by atoms with Crippen molar-refractivity contribution in [3.8, 4) is 11.5 Å². The Bertz CT molecular complexity index is 533. The molecule has 0 aromatic heterocycles. The normalized spacial score (nSPS) is 17.4. The number of ether oxygens (including phenoxy) is 2. The minimum Gasteiger partial charge on any atom is -0.497 e. The van der Waals surface area contributed by atoms with Crippen molar-refractivity contribution in [3.05, 3.63) is 24.3 Å². The second-order valence-corrected chi connectivity index (χ2v) is 5.55. The number of likely N-dealkylation sites (tertiary alicyclic amines) is 1. The standard InChI is InChI=1S/C16H23N3O4/c1-22-13-4-6-14(7-5-13)23-11-12-3-2-8-19(10-12)15(20)9-18-16(17)21/h4-7,12H,2-3,8-11H2,1H3,(H3,17,18,21). The molecule has 0 aliphatic carbocycles. The largest absolute Gasteiger partial charge is 0.497 e. The van der Waals surface area contributed by atoms with Gasteiger partial charge in [0.1, 0.15) is 11.5 Å². The van der Waals surface area contributed by atoms with Gasteiger partial charge in [0.25, 0.3) is 0 Å². The molecule has 126 valence electrons. The van der Waals surface area contributed by atoms with Gasteiger partial charge in [-0.05, 0) is 37.1 Å². The minimum atomic E-state index is -0.685. The first-order chi connectivity index (χ1) is 11.1. The quantitative estimate of drug-likeness (QED) is 0.817. The van der Waals surface area contributed by atoms with E-state index in [0.29, 0.717) is 19.7 Å². The second kappa shape index (κ2) is 8.26. The third kappa shape index (κ3) is 5.36. The summed E-state index contributed by atoms with van der Waals surface area (Å²) < 4.78 is 10.9. The van der Waals surface area contributed by atoms with Gasteiger partial charge in [-0.3, -0.25) is 4.79 Å². The highest BCUT2D eigenvalue weighted by atomic mass is 16.5. The van der Waals surface area contributed by atoms with Crippen LogP contribution in [0.4, 0.5) is 4.79 Å². The van der Waals surface area contributed by atoms with Gasteiger partial charge >= 0.3 is 6.03 Å². The monoisotopic (exact) mass is 321 g/mol. The number of piperidine rings is 1. The topological polar surface area (TPSA) is 93.9 Å². The summed E-state index contributed by atoms with van der Waals surface area (Å²) in [5.41, 5.74) is 4.98. The zero-order chi connectivity index (χ0) is 16.7. The SMILES string of the molecule is COc1ccc(OCC2CCCN(C(=O)CNC(N)=O)C2)cc1. The van der Waals surface area contributed by atoms with E-state index in [-0.39, 0.29) is 18.4 Å². The molecule has 3 N–H and O–H groups in total. The van der Waals surface area contributed by atoms with Crippen molar-refractivity contribution in [2.75, 3.05) is 33.4 Å². The molecule has 1 saturated heterocycles. The summed E-state index contributed by atoms with van der Waals surface area (Å²) in [4.78, 5) is 24.4. The number of rotatable bonds is 6. The van der Waals surface area contributed by atoms with Crippen molar-refractivity contribution >= 4 is 11.9 Å². The average molecular weight is 321 g/mol. The molecule has 1 aromatic rings. The van der Waals surface area contributed by atoms with Crippen LogP contribution < -0.4 is 20.5 Å². The smallest absolute Gasteiger partial charge is 0.312 e. The van der Waals surface area contributed by atoms with Crippen LogP contribution in [-0.2, 0) is 4.79 Å². The second-order valence-electron chi connectivity index (χ2n) is 5.55. The molecule has 0 saturated carbocycles. The van der Waals surface area contributed by atoms with Gasteiger partial charge in [0.05, 0.1) is 20.3 Å². The number of carbonyl (C=O) groups is 2. The Morgan fingerprint density at radius 3 is 2.65 bits per heavy atom. The molecule has 0 bridgehead atoms. The number of hydrogen-bond acceptors (Lipinski definition) is 4. The summed E-state index contributed by atoms with van der Waals surface area (Å²) in [6.45, 7) is 1.84. The zero-order valence-corrected chi connectivity index (χ0v) is 13.3. The molecule has 1 atom stereocenters. The van der Waals surface area contributed by atoms with Crippen LogP contribution in [0.3, 0.4) is 0 Å². The van der Waals surface area contributed by atoms with Crippen molar-refractivity contribution < 1.29 is 19.1 Å². The molecule has 23 heavy (non-hydrogen) atoms. The van der Waals surface area contributed by atoms with Crippen molar-refractivity contribution in [3.63, 3.8) is 0 Å². The van der Waals surface area contributed by atoms with Gasteiger partial charge < -0.3 is 25.4 Å². The summed E-state index contributed by atoms with van der Waals surface area (Å²) in [5, 5.41) is 2.33. The maximum Gasteiger partial charge on any atom is 0.312 e. The number of amides is 3. The van der Waals surface area contributed by atoms with Crippen molar-refractivity contribution in [2.24, 2.45) is 11.7 Å². The fraction of sp³-hybridized carbons (Fsp3) is 0.500. The Morgan fingerprint density at radius 2 is 2.00 bits per heavy atom. The summed E-state index contributed by atoms with van der Waals surface area (Å²) in [6.07, 6.45) is 1.95. The molecular weight excluding hydrogens is 298 g/mol. The highest BCUT2D eigenvalue weighted by molar-refractivity contribution is 5.83. The Morgan fingerprint density at radius 1 is 1.30 bits per heavy atom. The third-order valence-electron chi connectivity index (χ3n) is 3.83. The lowest BCUT2D eigenvalue weighted by atomic mass is 9.99. The highest BCUT2D eigenvalue weighted by Crippen LogP contribution is 2.21. The number of nitrogens with two attached hydrogens (primary N) is 1. The van der Waals surface area contributed by atoms with E-state index in [9.17, 15) is 9.59 Å². The summed E-state index contributed by atoms with van der Waals surface area (Å²) in [5.74, 6) is 1.74. The van der Waals surface area contributed by atoms with Crippen molar-refractivity contribution in [1.29, 1.82) is 0 Å². The first-order valence-electron chi connectivity index (χ1n) is 7.66. The fourth-order valence-corrected chi connectivity index (χ4v) is 2.59. The number of urea groups is 1. The van der Waals surface area contributed by atoms with E-state index in [1.807, 2.05) is 24.3 Å². The van der Waals surface area contributed by atoms with E-state index in [0.717, 1.165) is 24.3 Å². The average Bonchev–Trinajstić information content (AvgIpc) is 2.58. The van der Waals surface area contributed by atoms with Crippen LogP contribution in [0.25, 0.3) is 0 Å². The van der Waals surface area contributed by atoms with Gasteiger partial charge in [0.15, 0.2) is 0 Å². The van der Waals surface area contributed by atoms with Gasteiger partial charge in [0, 0.05) is 19.0 Å². The van der Waals surface area contributed by atoms with E-state index in [1.165, 1.54) is 0 Å². The van der Waals surface area contributed by atoms with Gasteiger partial charge in [-0.2, -0.15) is 0 Å². The lowest BCUT2D eigenvalue weighted by Gasteiger charge is -2.32. The van der Waals surface area contributed by atoms with Crippen LogP contribution in [-0.4, -0.2) is 50.2 Å². The maximum absolute atomic E-state index is 12.0. The predicted molar refractivity (Wildman–Crippen MR) is 85.4 cm³/mol. The summed E-state index contributed by atoms with van der Waals surface area (Å²) in [7, 11) is 1.62. The molecular formula is C16H23N3O4. The van der Waals surface area contributed by atoms with Crippen LogP contribution in [0.5, 0.6) is 11.5 Å². The molecule has 0 spiro atoms. The first kappa shape index (κ1) is 16.9. The molecule has 3 amide bonds. The number of nitrogens with one attached hydrogen (secondary N) is 1. The van der Waals surface area contributed by atoms with Gasteiger partial charge in [0.2, 0.25) is 5.91 Å². The number of methoxy groups -OCH3 is 1. The van der Waals surface area contributed by atoms with Gasteiger partial charge in [-0.1, -0.05) is 0 Å². The first-order valence-corrected chi connectivity index (χ1v) is 7.66. The fourth-order valence-electron chi connectivity index (χ4n) is 2.59. The molecule has 7 heteroatoms.